The molecule has 2 N–H and O–H groups in total. The Morgan fingerprint density at radius 2 is 1.58 bits per heavy atom. The molecule has 4 bridgehead atoms. The third-order valence-corrected chi connectivity index (χ3v) is 8.80. The second-order valence-electron chi connectivity index (χ2n) is 12.7. The summed E-state index contributed by atoms with van der Waals surface area (Å²) in [4.78, 5) is 13.5. The van der Waals surface area contributed by atoms with E-state index >= 15 is 0 Å². The second kappa shape index (κ2) is 9.20. The first kappa shape index (κ1) is 25.3. The normalized spacial score (nSPS) is 32.3. The standard InChI is InChI=1S/C30H37F3N2O/c1-19(21-7-5-4-6-8-21)34-23(9-22-10-25(32)26(33)12-24(22)31)11-27(36)35-30-15-20-13-28(2,17-30)16-29(3,14-20)18-30/h4-8,10,12,19-20,23,34H,9,11,13-18H2,1-3H3,(H,35,36)/t19-,20?,23-,28?,29?,30?/m1/s1. The lowest BCUT2D eigenvalue weighted by Gasteiger charge is -2.65. The van der Waals surface area contributed by atoms with Crippen molar-refractivity contribution in [3.05, 3.63) is 71.0 Å². The highest BCUT2D eigenvalue weighted by Gasteiger charge is 2.60. The van der Waals surface area contributed by atoms with Gasteiger partial charge in [0, 0.05) is 30.1 Å². The third kappa shape index (κ3) is 5.20. The number of amides is 1. The van der Waals surface area contributed by atoms with Crippen LogP contribution in [-0.4, -0.2) is 17.5 Å². The van der Waals surface area contributed by atoms with Gasteiger partial charge in [-0.3, -0.25) is 4.79 Å². The molecule has 0 aromatic heterocycles. The molecule has 4 saturated carbocycles. The zero-order chi connectivity index (χ0) is 25.7. The van der Waals surface area contributed by atoms with Crippen molar-refractivity contribution in [3.63, 3.8) is 0 Å². The minimum absolute atomic E-state index is 0.0642. The summed E-state index contributed by atoms with van der Waals surface area (Å²) in [5, 5.41) is 6.89. The molecular formula is C30H37F3N2O. The van der Waals surface area contributed by atoms with Gasteiger partial charge in [0.05, 0.1) is 0 Å². The Morgan fingerprint density at radius 3 is 2.22 bits per heavy atom. The van der Waals surface area contributed by atoms with Crippen molar-refractivity contribution in [1.29, 1.82) is 0 Å². The maximum absolute atomic E-state index is 14.5. The van der Waals surface area contributed by atoms with Gasteiger partial charge < -0.3 is 10.6 Å². The molecule has 0 saturated heterocycles. The fourth-order valence-electron chi connectivity index (χ4n) is 8.52. The third-order valence-electron chi connectivity index (χ3n) is 8.80. The van der Waals surface area contributed by atoms with E-state index in [1.165, 1.54) is 19.3 Å². The van der Waals surface area contributed by atoms with Crippen LogP contribution in [0.5, 0.6) is 0 Å². The topological polar surface area (TPSA) is 41.1 Å². The lowest BCUT2D eigenvalue weighted by atomic mass is 9.43. The minimum atomic E-state index is -1.21. The molecule has 1 amide bonds. The smallest absolute Gasteiger partial charge is 0.222 e. The highest BCUT2D eigenvalue weighted by atomic mass is 19.2. The van der Waals surface area contributed by atoms with Crippen molar-refractivity contribution in [2.45, 2.75) is 89.8 Å². The summed E-state index contributed by atoms with van der Waals surface area (Å²) in [7, 11) is 0. The Kier molecular flexibility index (Phi) is 6.47. The van der Waals surface area contributed by atoms with Gasteiger partial charge in [-0.05, 0) is 85.8 Å². The summed E-state index contributed by atoms with van der Waals surface area (Å²) in [6.45, 7) is 6.73. The van der Waals surface area contributed by atoms with E-state index < -0.39 is 23.5 Å². The van der Waals surface area contributed by atoms with Crippen LogP contribution in [0.15, 0.2) is 42.5 Å². The summed E-state index contributed by atoms with van der Waals surface area (Å²) >= 11 is 0. The maximum Gasteiger partial charge on any atom is 0.222 e. The number of rotatable bonds is 8. The van der Waals surface area contributed by atoms with Gasteiger partial charge in [-0.15, -0.1) is 0 Å². The lowest BCUT2D eigenvalue weighted by molar-refractivity contribution is -0.140. The van der Waals surface area contributed by atoms with E-state index in [0.717, 1.165) is 30.9 Å². The molecule has 6 rings (SSSR count). The SMILES string of the molecule is C[C@@H](N[C@@H](CC(=O)NC12CC3CC(C)(CC(C)(C3)C1)C2)Cc1cc(F)c(F)cc1F)c1ccccc1. The Morgan fingerprint density at radius 1 is 0.944 bits per heavy atom. The highest BCUT2D eigenvalue weighted by molar-refractivity contribution is 5.77. The number of hydrogen-bond donors (Lipinski definition) is 2. The molecule has 6 heteroatoms. The van der Waals surface area contributed by atoms with Crippen LogP contribution in [0.2, 0.25) is 0 Å². The maximum atomic E-state index is 14.5. The van der Waals surface area contributed by atoms with Crippen LogP contribution >= 0.6 is 0 Å². The lowest BCUT2D eigenvalue weighted by Crippen LogP contribution is -2.65. The molecule has 2 aromatic carbocycles. The van der Waals surface area contributed by atoms with E-state index in [9.17, 15) is 18.0 Å². The molecule has 3 nitrogen and oxygen atoms in total. The first-order chi connectivity index (χ1) is 17.0. The number of halogens is 3. The Bertz CT molecular complexity index is 1120. The zero-order valence-corrected chi connectivity index (χ0v) is 21.5. The van der Waals surface area contributed by atoms with E-state index in [-0.39, 0.29) is 46.7 Å². The number of benzene rings is 2. The van der Waals surface area contributed by atoms with Crippen molar-refractivity contribution >= 4 is 5.91 Å². The van der Waals surface area contributed by atoms with Crippen molar-refractivity contribution in [1.82, 2.24) is 10.6 Å². The van der Waals surface area contributed by atoms with Gasteiger partial charge in [-0.25, -0.2) is 13.2 Å². The molecule has 0 heterocycles. The van der Waals surface area contributed by atoms with E-state index in [0.29, 0.717) is 12.0 Å². The molecule has 4 aliphatic rings. The van der Waals surface area contributed by atoms with Gasteiger partial charge in [-0.2, -0.15) is 0 Å². The molecule has 4 aliphatic carbocycles. The largest absolute Gasteiger partial charge is 0.351 e. The molecule has 36 heavy (non-hydrogen) atoms. The van der Waals surface area contributed by atoms with Crippen LogP contribution < -0.4 is 10.6 Å². The van der Waals surface area contributed by atoms with E-state index in [4.69, 9.17) is 0 Å². The van der Waals surface area contributed by atoms with Crippen molar-refractivity contribution < 1.29 is 18.0 Å². The number of carbonyl (C=O) groups excluding carboxylic acids is 1. The van der Waals surface area contributed by atoms with Gasteiger partial charge >= 0.3 is 0 Å². The molecule has 0 radical (unpaired) electrons. The number of hydrogen-bond acceptors (Lipinski definition) is 2. The van der Waals surface area contributed by atoms with Crippen LogP contribution in [0.3, 0.4) is 0 Å². The van der Waals surface area contributed by atoms with Crippen molar-refractivity contribution in [2.75, 3.05) is 0 Å². The van der Waals surface area contributed by atoms with Gasteiger partial charge in [0.15, 0.2) is 11.6 Å². The van der Waals surface area contributed by atoms with Gasteiger partial charge in [-0.1, -0.05) is 44.2 Å². The van der Waals surface area contributed by atoms with Crippen molar-refractivity contribution in [2.24, 2.45) is 16.7 Å². The van der Waals surface area contributed by atoms with Crippen LogP contribution in [-0.2, 0) is 11.2 Å². The Balaban J connectivity index is 1.34. The molecule has 194 valence electrons. The minimum Gasteiger partial charge on any atom is -0.351 e. The first-order valence-electron chi connectivity index (χ1n) is 13.2. The van der Waals surface area contributed by atoms with E-state index in [1.54, 1.807) is 0 Å². The Labute approximate surface area is 212 Å². The molecule has 2 aromatic rings. The Hall–Kier alpha value is -2.34. The summed E-state index contributed by atoms with van der Waals surface area (Å²) < 4.78 is 42.0. The van der Waals surface area contributed by atoms with Gasteiger partial charge in [0.25, 0.3) is 0 Å². The fourth-order valence-corrected chi connectivity index (χ4v) is 8.52. The van der Waals surface area contributed by atoms with Crippen molar-refractivity contribution in [3.8, 4) is 0 Å². The number of nitrogens with one attached hydrogen (secondary N) is 2. The summed E-state index contributed by atoms with van der Waals surface area (Å²) in [5.41, 5.74) is 1.47. The zero-order valence-electron chi connectivity index (χ0n) is 21.5. The van der Waals surface area contributed by atoms with Gasteiger partial charge in [0.2, 0.25) is 5.91 Å². The number of carbonyl (C=O) groups is 1. The molecule has 4 atom stereocenters. The predicted molar refractivity (Wildman–Crippen MR) is 135 cm³/mol. The molecule has 0 spiro atoms. The average molecular weight is 499 g/mol. The molecule has 0 aliphatic heterocycles. The summed E-state index contributed by atoms with van der Waals surface area (Å²) in [6, 6.07) is 10.7. The van der Waals surface area contributed by atoms with Crippen LogP contribution in [0, 0.1) is 34.2 Å². The van der Waals surface area contributed by atoms with E-state index in [1.807, 2.05) is 37.3 Å². The fraction of sp³-hybridized carbons (Fsp3) is 0.567. The second-order valence-corrected chi connectivity index (χ2v) is 12.7. The van der Waals surface area contributed by atoms with Crippen LogP contribution in [0.25, 0.3) is 0 Å². The molecule has 4 fully saturated rings. The van der Waals surface area contributed by atoms with E-state index in [2.05, 4.69) is 24.5 Å². The quantitative estimate of drug-likeness (QED) is 0.402. The average Bonchev–Trinajstić information content (AvgIpc) is 2.75. The monoisotopic (exact) mass is 498 g/mol. The molecule has 2 unspecified atom stereocenters. The first-order valence-corrected chi connectivity index (χ1v) is 13.2. The van der Waals surface area contributed by atoms with Gasteiger partial charge in [0.1, 0.15) is 5.82 Å². The summed E-state index contributed by atoms with van der Waals surface area (Å²) in [6.07, 6.45) is 6.97. The van der Waals surface area contributed by atoms with Crippen LogP contribution in [0.4, 0.5) is 13.2 Å². The predicted octanol–water partition coefficient (Wildman–Crippen LogP) is 6.62. The highest BCUT2D eigenvalue weighted by Crippen LogP contribution is 2.66. The summed E-state index contributed by atoms with van der Waals surface area (Å²) in [5.74, 6) is -2.50. The van der Waals surface area contributed by atoms with Crippen LogP contribution in [0.1, 0.15) is 82.9 Å². The molecular weight excluding hydrogens is 461 g/mol.